The van der Waals surface area contributed by atoms with Crippen LogP contribution in [0.3, 0.4) is 0 Å². The van der Waals surface area contributed by atoms with Gasteiger partial charge in [0.05, 0.1) is 24.5 Å². The van der Waals surface area contributed by atoms with Gasteiger partial charge in [0.25, 0.3) is 0 Å². The number of nitrogens with one attached hydrogen (secondary N) is 1. The first kappa shape index (κ1) is 16.2. The van der Waals surface area contributed by atoms with Crippen molar-refractivity contribution in [1.29, 1.82) is 0 Å². The number of aryl methyl sites for hydroxylation is 1. The standard InChI is InChI=1S/C18H20FN3O2/c1-12-15(9-10-17(20-12)24-2)21-18(23)22-11-3-4-16(22)13-5-7-14(19)8-6-13/h5-10,16H,3-4,11H2,1-2H3,(H,21,23). The molecule has 0 saturated carbocycles. The van der Waals surface area contributed by atoms with Gasteiger partial charge in [-0.05, 0) is 43.5 Å². The number of nitrogens with zero attached hydrogens (tertiary/aromatic N) is 2. The quantitative estimate of drug-likeness (QED) is 0.929. The number of aromatic nitrogens is 1. The average molecular weight is 329 g/mol. The van der Waals surface area contributed by atoms with Gasteiger partial charge in [-0.1, -0.05) is 12.1 Å². The van der Waals surface area contributed by atoms with Crippen LogP contribution in [0.25, 0.3) is 0 Å². The van der Waals surface area contributed by atoms with Crippen molar-refractivity contribution in [2.24, 2.45) is 0 Å². The molecule has 3 rings (SSSR count). The molecule has 2 heterocycles. The molecule has 2 aromatic rings. The molecule has 1 atom stereocenters. The van der Waals surface area contributed by atoms with Crippen LogP contribution in [0.15, 0.2) is 36.4 Å². The maximum atomic E-state index is 13.1. The van der Waals surface area contributed by atoms with Crippen LogP contribution in [0.2, 0.25) is 0 Å². The summed E-state index contributed by atoms with van der Waals surface area (Å²) in [4.78, 5) is 18.7. The largest absolute Gasteiger partial charge is 0.481 e. The Morgan fingerprint density at radius 2 is 2.04 bits per heavy atom. The lowest BCUT2D eigenvalue weighted by molar-refractivity contribution is 0.207. The summed E-state index contributed by atoms with van der Waals surface area (Å²) in [5.74, 6) is 0.239. The highest BCUT2D eigenvalue weighted by atomic mass is 19.1. The number of rotatable bonds is 3. The van der Waals surface area contributed by atoms with Crippen LogP contribution in [0, 0.1) is 12.7 Å². The molecule has 126 valence electrons. The molecule has 0 radical (unpaired) electrons. The van der Waals surface area contributed by atoms with E-state index >= 15 is 0 Å². The Morgan fingerprint density at radius 3 is 2.71 bits per heavy atom. The highest BCUT2D eigenvalue weighted by Crippen LogP contribution is 2.32. The van der Waals surface area contributed by atoms with Crippen LogP contribution >= 0.6 is 0 Å². The molecule has 1 aliphatic heterocycles. The number of carbonyl (C=O) groups excluding carboxylic acids is 1. The number of hydrogen-bond donors (Lipinski definition) is 1. The Labute approximate surface area is 140 Å². The van der Waals surface area contributed by atoms with E-state index in [1.165, 1.54) is 12.1 Å². The SMILES string of the molecule is COc1ccc(NC(=O)N2CCCC2c2ccc(F)cc2)c(C)n1. The van der Waals surface area contributed by atoms with Crippen LogP contribution in [-0.4, -0.2) is 29.6 Å². The van der Waals surface area contributed by atoms with E-state index in [4.69, 9.17) is 4.74 Å². The Balaban J connectivity index is 1.75. The number of urea groups is 1. The smallest absolute Gasteiger partial charge is 0.322 e. The van der Waals surface area contributed by atoms with Gasteiger partial charge >= 0.3 is 6.03 Å². The molecule has 0 aliphatic carbocycles. The highest BCUT2D eigenvalue weighted by molar-refractivity contribution is 5.90. The van der Waals surface area contributed by atoms with Crippen LogP contribution in [-0.2, 0) is 0 Å². The zero-order chi connectivity index (χ0) is 17.1. The van der Waals surface area contributed by atoms with Crippen LogP contribution in [0.1, 0.15) is 30.1 Å². The lowest BCUT2D eigenvalue weighted by Gasteiger charge is -2.25. The number of methoxy groups -OCH3 is 1. The summed E-state index contributed by atoms with van der Waals surface area (Å²) in [6, 6.07) is 9.64. The van der Waals surface area contributed by atoms with E-state index in [9.17, 15) is 9.18 Å². The van der Waals surface area contributed by atoms with Crippen molar-refractivity contribution in [3.8, 4) is 5.88 Å². The predicted molar refractivity (Wildman–Crippen MR) is 89.6 cm³/mol. The van der Waals surface area contributed by atoms with Crippen molar-refractivity contribution in [2.75, 3.05) is 19.0 Å². The van der Waals surface area contributed by atoms with Crippen LogP contribution in [0.5, 0.6) is 5.88 Å². The van der Waals surface area contributed by atoms with E-state index in [-0.39, 0.29) is 17.9 Å². The van der Waals surface area contributed by atoms with Crippen molar-refractivity contribution in [1.82, 2.24) is 9.88 Å². The summed E-state index contributed by atoms with van der Waals surface area (Å²) in [5.41, 5.74) is 2.31. The van der Waals surface area contributed by atoms with Gasteiger partial charge in [-0.15, -0.1) is 0 Å². The molecule has 1 saturated heterocycles. The fourth-order valence-corrected chi connectivity index (χ4v) is 3.01. The van der Waals surface area contributed by atoms with Gasteiger partial charge in [0, 0.05) is 12.6 Å². The summed E-state index contributed by atoms with van der Waals surface area (Å²) in [5, 5.41) is 2.91. The number of amides is 2. The van der Waals surface area contributed by atoms with Crippen molar-refractivity contribution in [3.05, 3.63) is 53.5 Å². The first-order valence-electron chi connectivity index (χ1n) is 7.93. The molecular weight excluding hydrogens is 309 g/mol. The van der Waals surface area contributed by atoms with Gasteiger partial charge in [-0.2, -0.15) is 0 Å². The van der Waals surface area contributed by atoms with Crippen molar-refractivity contribution < 1.29 is 13.9 Å². The second kappa shape index (κ2) is 6.86. The zero-order valence-electron chi connectivity index (χ0n) is 13.8. The molecule has 1 fully saturated rings. The van der Waals surface area contributed by atoms with E-state index in [2.05, 4.69) is 10.3 Å². The van der Waals surface area contributed by atoms with E-state index in [0.717, 1.165) is 18.4 Å². The molecule has 1 N–H and O–H groups in total. The molecule has 1 aliphatic rings. The first-order valence-corrected chi connectivity index (χ1v) is 7.93. The van der Waals surface area contributed by atoms with Gasteiger partial charge in [0.1, 0.15) is 5.82 Å². The molecular formula is C18H20FN3O2. The minimum absolute atomic E-state index is 0.0305. The maximum absolute atomic E-state index is 13.1. The van der Waals surface area contributed by atoms with Crippen LogP contribution < -0.4 is 10.1 Å². The van der Waals surface area contributed by atoms with Crippen molar-refractivity contribution >= 4 is 11.7 Å². The molecule has 1 unspecified atom stereocenters. The van der Waals surface area contributed by atoms with E-state index in [1.807, 2.05) is 6.92 Å². The minimum Gasteiger partial charge on any atom is -0.481 e. The second-order valence-corrected chi connectivity index (χ2v) is 5.82. The summed E-state index contributed by atoms with van der Waals surface area (Å²) in [6.45, 7) is 2.50. The number of carbonyl (C=O) groups is 1. The van der Waals surface area contributed by atoms with Crippen molar-refractivity contribution in [2.45, 2.75) is 25.8 Å². The van der Waals surface area contributed by atoms with Crippen LogP contribution in [0.4, 0.5) is 14.9 Å². The number of likely N-dealkylation sites (tertiary alicyclic amines) is 1. The lowest BCUT2D eigenvalue weighted by atomic mass is 10.0. The average Bonchev–Trinajstić information content (AvgIpc) is 3.07. The first-order chi connectivity index (χ1) is 11.6. The summed E-state index contributed by atoms with van der Waals surface area (Å²) in [7, 11) is 1.55. The highest BCUT2D eigenvalue weighted by Gasteiger charge is 2.30. The van der Waals surface area contributed by atoms with Gasteiger partial charge < -0.3 is 15.0 Å². The fraction of sp³-hybridized carbons (Fsp3) is 0.333. The molecule has 6 heteroatoms. The number of ether oxygens (including phenoxy) is 1. The summed E-state index contributed by atoms with van der Waals surface area (Å²) < 4.78 is 18.2. The molecule has 1 aromatic carbocycles. The molecule has 2 amide bonds. The van der Waals surface area contributed by atoms with Gasteiger partial charge in [-0.25, -0.2) is 14.2 Å². The number of halogens is 1. The Kier molecular flexibility index (Phi) is 4.64. The monoisotopic (exact) mass is 329 g/mol. The summed E-state index contributed by atoms with van der Waals surface area (Å²) >= 11 is 0. The molecule has 0 bridgehead atoms. The maximum Gasteiger partial charge on any atom is 0.322 e. The lowest BCUT2D eigenvalue weighted by Crippen LogP contribution is -2.34. The topological polar surface area (TPSA) is 54.5 Å². The number of anilines is 1. The fourth-order valence-electron chi connectivity index (χ4n) is 3.01. The summed E-state index contributed by atoms with van der Waals surface area (Å²) in [6.07, 6.45) is 1.80. The van der Waals surface area contributed by atoms with Crippen molar-refractivity contribution in [3.63, 3.8) is 0 Å². The Bertz CT molecular complexity index is 734. The Morgan fingerprint density at radius 1 is 1.29 bits per heavy atom. The molecule has 24 heavy (non-hydrogen) atoms. The predicted octanol–water partition coefficient (Wildman–Crippen LogP) is 3.91. The second-order valence-electron chi connectivity index (χ2n) is 5.82. The van der Waals surface area contributed by atoms with E-state index in [1.54, 1.807) is 36.3 Å². The van der Waals surface area contributed by atoms with Gasteiger partial charge in [0.15, 0.2) is 0 Å². The third-order valence-corrected chi connectivity index (χ3v) is 4.28. The number of hydrogen-bond acceptors (Lipinski definition) is 3. The zero-order valence-corrected chi connectivity index (χ0v) is 13.8. The van der Waals surface area contributed by atoms with Gasteiger partial charge in [-0.3, -0.25) is 0 Å². The van der Waals surface area contributed by atoms with E-state index in [0.29, 0.717) is 23.8 Å². The number of pyridine rings is 1. The normalized spacial score (nSPS) is 17.0. The Hall–Kier alpha value is -2.63. The molecule has 5 nitrogen and oxygen atoms in total. The third kappa shape index (κ3) is 3.32. The van der Waals surface area contributed by atoms with E-state index < -0.39 is 0 Å². The van der Waals surface area contributed by atoms with Gasteiger partial charge in [0.2, 0.25) is 5.88 Å². The molecule has 0 spiro atoms. The third-order valence-electron chi connectivity index (χ3n) is 4.28. The number of benzene rings is 1. The molecule has 1 aromatic heterocycles. The minimum atomic E-state index is -0.271.